The van der Waals surface area contributed by atoms with Crippen molar-refractivity contribution in [1.82, 2.24) is 5.43 Å². The van der Waals surface area contributed by atoms with Crippen molar-refractivity contribution in [3.05, 3.63) is 35.1 Å². The molecule has 0 aliphatic rings. The molecule has 1 rings (SSSR count). The lowest BCUT2D eigenvalue weighted by Crippen LogP contribution is -2.30. The molecular weight excluding hydrogens is 241 g/mol. The Bertz CT molecular complexity index is 413. The Morgan fingerprint density at radius 3 is 2.28 bits per heavy atom. The minimum atomic E-state index is -1.46. The predicted octanol–water partition coefficient (Wildman–Crippen LogP) is 3.43. The van der Waals surface area contributed by atoms with Crippen LogP contribution in [0.4, 0.5) is 13.2 Å². The summed E-state index contributed by atoms with van der Waals surface area (Å²) in [5, 5.41) is 0. The first-order valence-corrected chi connectivity index (χ1v) is 5.86. The smallest absolute Gasteiger partial charge is 0.194 e. The molecule has 0 heterocycles. The van der Waals surface area contributed by atoms with Crippen molar-refractivity contribution >= 4 is 0 Å². The topological polar surface area (TPSA) is 38.0 Å². The fourth-order valence-corrected chi connectivity index (χ4v) is 1.72. The highest BCUT2D eigenvalue weighted by atomic mass is 19.2. The van der Waals surface area contributed by atoms with E-state index in [0.717, 1.165) is 12.5 Å². The average Bonchev–Trinajstić information content (AvgIpc) is 2.28. The van der Waals surface area contributed by atoms with Crippen LogP contribution in [0, 0.1) is 22.9 Å². The molecule has 0 saturated carbocycles. The molecule has 0 fully saturated rings. The van der Waals surface area contributed by atoms with Crippen molar-refractivity contribution in [1.29, 1.82) is 0 Å². The van der Waals surface area contributed by atoms with Gasteiger partial charge in [-0.15, -0.1) is 0 Å². The van der Waals surface area contributed by atoms with Gasteiger partial charge in [0.1, 0.15) is 0 Å². The maximum absolute atomic E-state index is 13.6. The second-order valence-electron chi connectivity index (χ2n) is 5.58. The fourth-order valence-electron chi connectivity index (χ4n) is 1.72. The van der Waals surface area contributed by atoms with Crippen LogP contribution in [0.5, 0.6) is 0 Å². The van der Waals surface area contributed by atoms with Gasteiger partial charge in [-0.1, -0.05) is 26.8 Å². The van der Waals surface area contributed by atoms with E-state index in [9.17, 15) is 13.2 Å². The summed E-state index contributed by atoms with van der Waals surface area (Å²) in [6.07, 6.45) is 1.32. The van der Waals surface area contributed by atoms with Crippen LogP contribution in [0.3, 0.4) is 0 Å². The standard InChI is InChI=1S/C13H19F3N2/c1-13(2,3)7-6-10(18-17)8-4-5-9(14)12(16)11(8)15/h4-5,10,18H,6-7,17H2,1-3H3. The lowest BCUT2D eigenvalue weighted by Gasteiger charge is -2.23. The van der Waals surface area contributed by atoms with Gasteiger partial charge in [0.15, 0.2) is 17.5 Å². The van der Waals surface area contributed by atoms with E-state index < -0.39 is 23.5 Å². The first kappa shape index (κ1) is 15.0. The number of nitrogens with two attached hydrogens (primary N) is 1. The summed E-state index contributed by atoms with van der Waals surface area (Å²) in [7, 11) is 0. The number of rotatable bonds is 4. The van der Waals surface area contributed by atoms with Crippen LogP contribution in [0.15, 0.2) is 12.1 Å². The minimum Gasteiger partial charge on any atom is -0.271 e. The lowest BCUT2D eigenvalue weighted by atomic mass is 9.87. The second-order valence-corrected chi connectivity index (χ2v) is 5.58. The third-order valence-electron chi connectivity index (χ3n) is 2.82. The van der Waals surface area contributed by atoms with Gasteiger partial charge in [0.05, 0.1) is 0 Å². The highest BCUT2D eigenvalue weighted by Gasteiger charge is 2.21. The molecule has 5 heteroatoms. The number of halogens is 3. The average molecular weight is 260 g/mol. The summed E-state index contributed by atoms with van der Waals surface area (Å²) >= 11 is 0. The van der Waals surface area contributed by atoms with Gasteiger partial charge in [-0.3, -0.25) is 11.3 Å². The Morgan fingerprint density at radius 1 is 1.17 bits per heavy atom. The first-order valence-electron chi connectivity index (χ1n) is 5.86. The van der Waals surface area contributed by atoms with Crippen LogP contribution < -0.4 is 11.3 Å². The van der Waals surface area contributed by atoms with E-state index in [4.69, 9.17) is 5.84 Å². The molecule has 0 aromatic heterocycles. The molecule has 18 heavy (non-hydrogen) atoms. The van der Waals surface area contributed by atoms with E-state index in [1.54, 1.807) is 0 Å². The fraction of sp³-hybridized carbons (Fsp3) is 0.538. The summed E-state index contributed by atoms with van der Waals surface area (Å²) in [6.45, 7) is 6.13. The zero-order valence-electron chi connectivity index (χ0n) is 10.9. The van der Waals surface area contributed by atoms with Gasteiger partial charge in [0, 0.05) is 11.6 Å². The SMILES string of the molecule is CC(C)(C)CCC(NN)c1ccc(F)c(F)c1F. The van der Waals surface area contributed by atoms with Crippen LogP contribution >= 0.6 is 0 Å². The second kappa shape index (κ2) is 5.71. The molecule has 3 N–H and O–H groups in total. The van der Waals surface area contributed by atoms with E-state index in [1.165, 1.54) is 6.07 Å². The third-order valence-corrected chi connectivity index (χ3v) is 2.82. The molecule has 0 bridgehead atoms. The Kier molecular flexibility index (Phi) is 4.76. The molecule has 1 aromatic rings. The number of hydrogen-bond donors (Lipinski definition) is 2. The Labute approximate surface area is 105 Å². The molecule has 0 aliphatic carbocycles. The van der Waals surface area contributed by atoms with Gasteiger partial charge < -0.3 is 0 Å². The maximum Gasteiger partial charge on any atom is 0.194 e. The molecule has 1 atom stereocenters. The quantitative estimate of drug-likeness (QED) is 0.494. The molecule has 102 valence electrons. The Morgan fingerprint density at radius 2 is 1.78 bits per heavy atom. The highest BCUT2D eigenvalue weighted by Crippen LogP contribution is 2.29. The van der Waals surface area contributed by atoms with Crippen molar-refractivity contribution in [2.24, 2.45) is 11.3 Å². The molecule has 0 aliphatic heterocycles. The van der Waals surface area contributed by atoms with Gasteiger partial charge in [-0.2, -0.15) is 0 Å². The summed E-state index contributed by atoms with van der Waals surface area (Å²) < 4.78 is 39.6. The number of nitrogens with one attached hydrogen (secondary N) is 1. The van der Waals surface area contributed by atoms with Crippen LogP contribution in [0.1, 0.15) is 45.2 Å². The van der Waals surface area contributed by atoms with Crippen molar-refractivity contribution < 1.29 is 13.2 Å². The summed E-state index contributed by atoms with van der Waals surface area (Å²) in [4.78, 5) is 0. The number of hydrogen-bond acceptors (Lipinski definition) is 2. The van der Waals surface area contributed by atoms with E-state index >= 15 is 0 Å². The van der Waals surface area contributed by atoms with Gasteiger partial charge in [0.2, 0.25) is 0 Å². The largest absolute Gasteiger partial charge is 0.271 e. The lowest BCUT2D eigenvalue weighted by molar-refractivity contribution is 0.327. The summed E-state index contributed by atoms with van der Waals surface area (Å²) in [5.74, 6) is 1.54. The zero-order valence-corrected chi connectivity index (χ0v) is 10.9. The normalized spacial score (nSPS) is 13.7. The Balaban J connectivity index is 2.92. The van der Waals surface area contributed by atoms with Crippen molar-refractivity contribution in [2.45, 2.75) is 39.7 Å². The van der Waals surface area contributed by atoms with Crippen molar-refractivity contribution in [2.75, 3.05) is 0 Å². The number of hydrazine groups is 1. The first-order chi connectivity index (χ1) is 8.26. The molecule has 1 unspecified atom stereocenters. The molecular formula is C13H19F3N2. The molecule has 2 nitrogen and oxygen atoms in total. The summed E-state index contributed by atoms with van der Waals surface area (Å²) in [5.41, 5.74) is 2.57. The van der Waals surface area contributed by atoms with E-state index in [2.05, 4.69) is 5.43 Å². The van der Waals surface area contributed by atoms with Crippen LogP contribution in [0.25, 0.3) is 0 Å². The third kappa shape index (κ3) is 3.71. The van der Waals surface area contributed by atoms with Gasteiger partial charge in [-0.05, 0) is 24.3 Å². The van der Waals surface area contributed by atoms with Gasteiger partial charge in [-0.25, -0.2) is 13.2 Å². The van der Waals surface area contributed by atoms with E-state index in [1.807, 2.05) is 20.8 Å². The van der Waals surface area contributed by atoms with Crippen LogP contribution in [-0.4, -0.2) is 0 Å². The van der Waals surface area contributed by atoms with E-state index in [-0.39, 0.29) is 11.0 Å². The molecule has 0 spiro atoms. The molecule has 0 amide bonds. The zero-order chi connectivity index (χ0) is 13.9. The van der Waals surface area contributed by atoms with Crippen LogP contribution in [0.2, 0.25) is 0 Å². The molecule has 0 radical (unpaired) electrons. The summed E-state index contributed by atoms with van der Waals surface area (Å²) in [6, 6.07) is 1.61. The van der Waals surface area contributed by atoms with Crippen molar-refractivity contribution in [3.8, 4) is 0 Å². The number of benzene rings is 1. The molecule has 1 aromatic carbocycles. The predicted molar refractivity (Wildman–Crippen MR) is 65.1 cm³/mol. The molecule has 0 saturated heterocycles. The highest BCUT2D eigenvalue weighted by molar-refractivity contribution is 5.23. The van der Waals surface area contributed by atoms with E-state index in [0.29, 0.717) is 6.42 Å². The van der Waals surface area contributed by atoms with Gasteiger partial charge >= 0.3 is 0 Å². The Hall–Kier alpha value is -1.07. The van der Waals surface area contributed by atoms with Crippen LogP contribution in [-0.2, 0) is 0 Å². The van der Waals surface area contributed by atoms with Crippen molar-refractivity contribution in [3.63, 3.8) is 0 Å². The maximum atomic E-state index is 13.6. The monoisotopic (exact) mass is 260 g/mol. The minimum absolute atomic E-state index is 0.0562. The van der Waals surface area contributed by atoms with Gasteiger partial charge in [0.25, 0.3) is 0 Å².